The Hall–Kier alpha value is -1.47. The van der Waals surface area contributed by atoms with Crippen LogP contribution in [0.3, 0.4) is 0 Å². The maximum Gasteiger partial charge on any atom is 0.220 e. The van der Waals surface area contributed by atoms with Crippen molar-refractivity contribution in [3.05, 3.63) is 36.2 Å². The molecule has 20 heavy (non-hydrogen) atoms. The highest BCUT2D eigenvalue weighted by atomic mass is 32.2. The van der Waals surface area contributed by atoms with E-state index in [1.165, 1.54) is 11.8 Å². The Balaban J connectivity index is 2.23. The number of rotatable bonds is 6. The molecule has 0 aromatic carbocycles. The van der Waals surface area contributed by atoms with E-state index in [0.717, 1.165) is 5.69 Å². The highest BCUT2D eigenvalue weighted by Crippen LogP contribution is 2.40. The second-order valence-electron chi connectivity index (χ2n) is 3.68. The van der Waals surface area contributed by atoms with E-state index < -0.39 is 0 Å². The van der Waals surface area contributed by atoms with Crippen molar-refractivity contribution in [2.75, 3.05) is 20.5 Å². The topological polar surface area (TPSA) is 57.1 Å². The molecule has 0 aliphatic heterocycles. The SMILES string of the molecule is COc1cc(OC)nc(SC(SC)c2ccccn2)n1. The summed E-state index contributed by atoms with van der Waals surface area (Å²) in [5, 5.41) is 0.603. The predicted octanol–water partition coefficient (Wildman–Crippen LogP) is 3.04. The van der Waals surface area contributed by atoms with Crippen molar-refractivity contribution in [1.29, 1.82) is 0 Å². The lowest BCUT2D eigenvalue weighted by atomic mass is 10.4. The molecule has 2 heterocycles. The summed E-state index contributed by atoms with van der Waals surface area (Å²) in [6.45, 7) is 0. The molecular weight excluding hydrogens is 294 g/mol. The molecular formula is C13H15N3O2S2. The van der Waals surface area contributed by atoms with Crippen LogP contribution in [0.1, 0.15) is 10.3 Å². The molecule has 5 nitrogen and oxygen atoms in total. The molecule has 2 aromatic heterocycles. The molecule has 1 atom stereocenters. The molecule has 1 unspecified atom stereocenters. The van der Waals surface area contributed by atoms with Crippen LogP contribution >= 0.6 is 23.5 Å². The molecule has 0 aliphatic rings. The summed E-state index contributed by atoms with van der Waals surface area (Å²) in [5.41, 5.74) is 0.982. The van der Waals surface area contributed by atoms with E-state index in [1.807, 2.05) is 24.5 Å². The van der Waals surface area contributed by atoms with Crippen LogP contribution < -0.4 is 9.47 Å². The van der Waals surface area contributed by atoms with Gasteiger partial charge in [-0.3, -0.25) is 4.98 Å². The summed E-state index contributed by atoms with van der Waals surface area (Å²) < 4.78 is 10.4. The summed E-state index contributed by atoms with van der Waals surface area (Å²) >= 11 is 3.20. The van der Waals surface area contributed by atoms with Crippen LogP contribution in [0.2, 0.25) is 0 Å². The molecule has 7 heteroatoms. The zero-order valence-electron chi connectivity index (χ0n) is 11.4. The smallest absolute Gasteiger partial charge is 0.220 e. The van der Waals surface area contributed by atoms with E-state index in [1.54, 1.807) is 38.2 Å². The molecule has 0 fully saturated rings. The lowest BCUT2D eigenvalue weighted by molar-refractivity contribution is 0.364. The average molecular weight is 309 g/mol. The van der Waals surface area contributed by atoms with Crippen molar-refractivity contribution in [3.8, 4) is 11.8 Å². The Kier molecular flexibility index (Phi) is 5.49. The number of thioether (sulfide) groups is 2. The van der Waals surface area contributed by atoms with Gasteiger partial charge in [0.15, 0.2) is 5.16 Å². The lowest BCUT2D eigenvalue weighted by Crippen LogP contribution is -1.98. The third-order valence-electron chi connectivity index (χ3n) is 2.43. The second kappa shape index (κ2) is 7.35. The van der Waals surface area contributed by atoms with Gasteiger partial charge in [-0.2, -0.15) is 9.97 Å². The minimum atomic E-state index is 0.119. The summed E-state index contributed by atoms with van der Waals surface area (Å²) in [6, 6.07) is 7.51. The Morgan fingerprint density at radius 3 is 2.30 bits per heavy atom. The first-order valence-corrected chi connectivity index (χ1v) is 8.01. The Bertz CT molecular complexity index is 532. The van der Waals surface area contributed by atoms with Crippen molar-refractivity contribution >= 4 is 23.5 Å². The average Bonchev–Trinajstić information content (AvgIpc) is 2.53. The van der Waals surface area contributed by atoms with Crippen LogP contribution in [0.15, 0.2) is 35.6 Å². The highest BCUT2D eigenvalue weighted by Gasteiger charge is 2.16. The van der Waals surface area contributed by atoms with E-state index in [2.05, 4.69) is 15.0 Å². The molecule has 0 amide bonds. The van der Waals surface area contributed by atoms with Gasteiger partial charge in [-0.05, 0) is 18.4 Å². The quantitative estimate of drug-likeness (QED) is 0.462. The maximum absolute atomic E-state index is 5.15. The van der Waals surface area contributed by atoms with Crippen LogP contribution in [-0.4, -0.2) is 35.4 Å². The first-order chi connectivity index (χ1) is 9.76. The minimum Gasteiger partial charge on any atom is -0.481 e. The third kappa shape index (κ3) is 3.77. The van der Waals surface area contributed by atoms with Gasteiger partial charge in [-0.15, -0.1) is 11.8 Å². The molecule has 0 saturated carbocycles. The van der Waals surface area contributed by atoms with Gasteiger partial charge in [-0.25, -0.2) is 0 Å². The number of hydrogen-bond donors (Lipinski definition) is 0. The van der Waals surface area contributed by atoms with Gasteiger partial charge in [0.2, 0.25) is 11.8 Å². The number of aromatic nitrogens is 3. The van der Waals surface area contributed by atoms with Gasteiger partial charge in [0.05, 0.1) is 30.6 Å². The first-order valence-electron chi connectivity index (χ1n) is 5.84. The highest BCUT2D eigenvalue weighted by molar-refractivity contribution is 8.16. The number of methoxy groups -OCH3 is 2. The molecule has 106 valence electrons. The fourth-order valence-corrected chi connectivity index (χ4v) is 3.25. The zero-order chi connectivity index (χ0) is 14.4. The van der Waals surface area contributed by atoms with Gasteiger partial charge >= 0.3 is 0 Å². The summed E-state index contributed by atoms with van der Waals surface area (Å²) in [6.07, 6.45) is 3.82. The molecule has 0 bridgehead atoms. The standard InChI is InChI=1S/C13H15N3O2S2/c1-17-10-8-11(18-2)16-13(15-10)20-12(19-3)9-6-4-5-7-14-9/h4-8,12H,1-3H3. The second-order valence-corrected chi connectivity index (χ2v) is 5.99. The molecule has 0 saturated heterocycles. The van der Waals surface area contributed by atoms with Gasteiger partial charge in [0.1, 0.15) is 0 Å². The summed E-state index contributed by atoms with van der Waals surface area (Å²) in [4.78, 5) is 13.0. The van der Waals surface area contributed by atoms with Crippen LogP contribution in [0.25, 0.3) is 0 Å². The molecule has 0 radical (unpaired) electrons. The molecule has 0 N–H and O–H groups in total. The van der Waals surface area contributed by atoms with Gasteiger partial charge in [-0.1, -0.05) is 17.8 Å². The normalized spacial score (nSPS) is 11.9. The Labute approximate surface area is 126 Å². The Morgan fingerprint density at radius 2 is 1.80 bits per heavy atom. The van der Waals surface area contributed by atoms with Crippen LogP contribution in [0.4, 0.5) is 0 Å². The Morgan fingerprint density at radius 1 is 1.10 bits per heavy atom. The molecule has 0 spiro atoms. The summed E-state index contributed by atoms with van der Waals surface area (Å²) in [5.74, 6) is 0.973. The zero-order valence-corrected chi connectivity index (χ0v) is 13.1. The number of nitrogens with zero attached hydrogens (tertiary/aromatic N) is 3. The lowest BCUT2D eigenvalue weighted by Gasteiger charge is -2.13. The minimum absolute atomic E-state index is 0.119. The van der Waals surface area contributed by atoms with Crippen LogP contribution in [0, 0.1) is 0 Å². The maximum atomic E-state index is 5.15. The number of pyridine rings is 1. The van der Waals surface area contributed by atoms with E-state index in [9.17, 15) is 0 Å². The number of hydrogen-bond acceptors (Lipinski definition) is 7. The molecule has 0 aliphatic carbocycles. The van der Waals surface area contributed by atoms with E-state index >= 15 is 0 Å². The molecule has 2 aromatic rings. The van der Waals surface area contributed by atoms with Crippen molar-refractivity contribution < 1.29 is 9.47 Å². The van der Waals surface area contributed by atoms with Gasteiger partial charge in [0.25, 0.3) is 0 Å². The van der Waals surface area contributed by atoms with Crippen molar-refractivity contribution in [2.45, 2.75) is 9.74 Å². The van der Waals surface area contributed by atoms with E-state index in [-0.39, 0.29) is 4.58 Å². The van der Waals surface area contributed by atoms with Crippen molar-refractivity contribution in [3.63, 3.8) is 0 Å². The fourth-order valence-electron chi connectivity index (χ4n) is 1.49. The van der Waals surface area contributed by atoms with Gasteiger partial charge in [0, 0.05) is 6.20 Å². The summed E-state index contributed by atoms with van der Waals surface area (Å²) in [7, 11) is 3.14. The number of ether oxygens (including phenoxy) is 2. The van der Waals surface area contributed by atoms with Crippen molar-refractivity contribution in [1.82, 2.24) is 15.0 Å². The van der Waals surface area contributed by atoms with E-state index in [4.69, 9.17) is 9.47 Å². The van der Waals surface area contributed by atoms with E-state index in [0.29, 0.717) is 16.9 Å². The predicted molar refractivity (Wildman–Crippen MR) is 81.5 cm³/mol. The molecule has 2 rings (SSSR count). The monoisotopic (exact) mass is 309 g/mol. The van der Waals surface area contributed by atoms with Crippen LogP contribution in [0.5, 0.6) is 11.8 Å². The third-order valence-corrected chi connectivity index (χ3v) is 4.82. The van der Waals surface area contributed by atoms with Gasteiger partial charge < -0.3 is 9.47 Å². The van der Waals surface area contributed by atoms with Crippen LogP contribution in [-0.2, 0) is 0 Å². The first kappa shape index (κ1) is 14.9. The van der Waals surface area contributed by atoms with Crippen molar-refractivity contribution in [2.24, 2.45) is 0 Å². The largest absolute Gasteiger partial charge is 0.481 e. The fraction of sp³-hybridized carbons (Fsp3) is 0.308.